The fraction of sp³-hybridized carbons (Fsp3) is 0.600. The number of unbranched alkanes of at least 4 members (excludes halogenated alkanes) is 1. The second kappa shape index (κ2) is 4.66. The van der Waals surface area contributed by atoms with Gasteiger partial charge in [-0.25, -0.2) is 9.48 Å². The molecule has 0 amide bonds. The molecule has 0 unspecified atom stereocenters. The molecule has 0 radical (unpaired) electrons. The zero-order chi connectivity index (χ0) is 10.6. The molecule has 0 fully saturated rings. The number of hydrogen-bond acceptors (Lipinski definition) is 2. The molecule has 0 aliphatic rings. The molecule has 0 spiro atoms. The Balaban J connectivity index is 2.98. The molecule has 4 nitrogen and oxygen atoms in total. The van der Waals surface area contributed by atoms with Gasteiger partial charge in [-0.1, -0.05) is 19.3 Å². The maximum atomic E-state index is 11.5. The molecule has 0 bridgehead atoms. The lowest BCUT2D eigenvalue weighted by Gasteiger charge is -1.99. The van der Waals surface area contributed by atoms with E-state index < -0.39 is 0 Å². The second-order valence-electron chi connectivity index (χ2n) is 3.22. The first kappa shape index (κ1) is 10.6. The van der Waals surface area contributed by atoms with E-state index in [1.807, 2.05) is 0 Å². The molecule has 76 valence electrons. The summed E-state index contributed by atoms with van der Waals surface area (Å²) in [6.07, 6.45) is 8.12. The maximum Gasteiger partial charge on any atom is 0.346 e. The van der Waals surface area contributed by atoms with Gasteiger partial charge in [0, 0.05) is 13.5 Å². The lowest BCUT2D eigenvalue weighted by atomic mass is 10.2. The molecule has 14 heavy (non-hydrogen) atoms. The maximum absolute atomic E-state index is 11.5. The van der Waals surface area contributed by atoms with Crippen molar-refractivity contribution < 1.29 is 0 Å². The van der Waals surface area contributed by atoms with Gasteiger partial charge in [0.1, 0.15) is 5.82 Å². The molecule has 0 N–H and O–H groups in total. The predicted molar refractivity (Wildman–Crippen MR) is 54.9 cm³/mol. The number of nitrogens with zero attached hydrogens (tertiary/aromatic N) is 3. The number of aromatic nitrogens is 3. The lowest BCUT2D eigenvalue weighted by molar-refractivity contribution is 0.681. The van der Waals surface area contributed by atoms with Crippen LogP contribution < -0.4 is 5.69 Å². The standard InChI is InChI=1S/C10H15N3O/c1-4-6-7-9-11-12(3)10(14)13(9)8-5-2/h2H,4,6-8H2,1,3H3. The molecular formula is C10H15N3O. The van der Waals surface area contributed by atoms with Crippen molar-refractivity contribution >= 4 is 0 Å². The molecule has 1 rings (SSSR count). The van der Waals surface area contributed by atoms with Gasteiger partial charge in [-0.3, -0.25) is 4.57 Å². The van der Waals surface area contributed by atoms with E-state index in [-0.39, 0.29) is 5.69 Å². The minimum atomic E-state index is -0.131. The van der Waals surface area contributed by atoms with Crippen molar-refractivity contribution in [2.45, 2.75) is 32.7 Å². The molecule has 1 heterocycles. The summed E-state index contributed by atoms with van der Waals surface area (Å²) in [5.74, 6) is 3.25. The first-order valence-corrected chi connectivity index (χ1v) is 4.76. The largest absolute Gasteiger partial charge is 0.346 e. The SMILES string of the molecule is C#CCn1c(CCCC)nn(C)c1=O. The van der Waals surface area contributed by atoms with E-state index in [1.165, 1.54) is 4.68 Å². The van der Waals surface area contributed by atoms with E-state index in [0.717, 1.165) is 25.1 Å². The predicted octanol–water partition coefficient (Wildman–Crippen LogP) is 0.558. The summed E-state index contributed by atoms with van der Waals surface area (Å²) >= 11 is 0. The zero-order valence-corrected chi connectivity index (χ0v) is 8.66. The van der Waals surface area contributed by atoms with Crippen LogP contribution in [0.3, 0.4) is 0 Å². The Bertz CT molecular complexity index is 394. The van der Waals surface area contributed by atoms with Gasteiger partial charge < -0.3 is 0 Å². The van der Waals surface area contributed by atoms with E-state index in [0.29, 0.717) is 6.54 Å². The third-order valence-electron chi connectivity index (χ3n) is 2.09. The Hall–Kier alpha value is -1.50. The third kappa shape index (κ3) is 2.05. The van der Waals surface area contributed by atoms with Crippen molar-refractivity contribution in [2.75, 3.05) is 0 Å². The second-order valence-corrected chi connectivity index (χ2v) is 3.22. The van der Waals surface area contributed by atoms with Crippen LogP contribution in [-0.2, 0) is 20.0 Å². The van der Waals surface area contributed by atoms with Gasteiger partial charge in [0.2, 0.25) is 0 Å². The lowest BCUT2D eigenvalue weighted by Crippen LogP contribution is -2.23. The van der Waals surface area contributed by atoms with Gasteiger partial charge in [-0.05, 0) is 6.42 Å². The number of rotatable bonds is 4. The fourth-order valence-corrected chi connectivity index (χ4v) is 1.33. The van der Waals surface area contributed by atoms with Gasteiger partial charge in [0.15, 0.2) is 0 Å². The van der Waals surface area contributed by atoms with E-state index >= 15 is 0 Å². The summed E-state index contributed by atoms with van der Waals surface area (Å²) < 4.78 is 2.89. The molecular weight excluding hydrogens is 178 g/mol. The first-order valence-electron chi connectivity index (χ1n) is 4.76. The average molecular weight is 193 g/mol. The van der Waals surface area contributed by atoms with Crippen LogP contribution in [-0.4, -0.2) is 14.3 Å². The van der Waals surface area contributed by atoms with Crippen molar-refractivity contribution in [2.24, 2.45) is 7.05 Å². The van der Waals surface area contributed by atoms with E-state index in [2.05, 4.69) is 17.9 Å². The Morgan fingerprint density at radius 2 is 2.29 bits per heavy atom. The van der Waals surface area contributed by atoms with Crippen LogP contribution in [0.5, 0.6) is 0 Å². The monoisotopic (exact) mass is 193 g/mol. The highest BCUT2D eigenvalue weighted by Crippen LogP contribution is 1.99. The van der Waals surface area contributed by atoms with Gasteiger partial charge in [-0.15, -0.1) is 6.42 Å². The highest BCUT2D eigenvalue weighted by molar-refractivity contribution is 4.94. The molecule has 0 saturated heterocycles. The Morgan fingerprint density at radius 1 is 1.57 bits per heavy atom. The van der Waals surface area contributed by atoms with Crippen molar-refractivity contribution in [1.29, 1.82) is 0 Å². The fourth-order valence-electron chi connectivity index (χ4n) is 1.33. The third-order valence-corrected chi connectivity index (χ3v) is 2.09. The van der Waals surface area contributed by atoms with Crippen LogP contribution in [0.1, 0.15) is 25.6 Å². The van der Waals surface area contributed by atoms with Crippen molar-refractivity contribution in [1.82, 2.24) is 14.3 Å². The van der Waals surface area contributed by atoms with E-state index in [4.69, 9.17) is 6.42 Å². The summed E-state index contributed by atoms with van der Waals surface area (Å²) in [4.78, 5) is 11.5. The number of hydrogen-bond donors (Lipinski definition) is 0. The Morgan fingerprint density at radius 3 is 2.86 bits per heavy atom. The summed E-state index contributed by atoms with van der Waals surface area (Å²) in [6.45, 7) is 2.41. The van der Waals surface area contributed by atoms with Gasteiger partial charge in [0.05, 0.1) is 6.54 Å². The van der Waals surface area contributed by atoms with Gasteiger partial charge in [0.25, 0.3) is 0 Å². The Kier molecular flexibility index (Phi) is 3.52. The molecule has 0 aromatic carbocycles. The minimum Gasteiger partial charge on any atom is -0.267 e. The Labute approximate surface area is 83.5 Å². The van der Waals surface area contributed by atoms with Crippen LogP contribution in [0.25, 0.3) is 0 Å². The molecule has 0 aliphatic heterocycles. The molecule has 0 aliphatic carbocycles. The topological polar surface area (TPSA) is 39.8 Å². The van der Waals surface area contributed by atoms with E-state index in [1.54, 1.807) is 11.6 Å². The number of aryl methyl sites for hydroxylation is 2. The highest BCUT2D eigenvalue weighted by Gasteiger charge is 2.08. The van der Waals surface area contributed by atoms with Crippen molar-refractivity contribution in [3.05, 3.63) is 16.3 Å². The molecule has 1 aromatic rings. The van der Waals surface area contributed by atoms with Crippen molar-refractivity contribution in [3.8, 4) is 12.3 Å². The molecule has 0 saturated carbocycles. The quantitative estimate of drug-likeness (QED) is 0.655. The van der Waals surface area contributed by atoms with Gasteiger partial charge in [-0.2, -0.15) is 5.10 Å². The summed E-state index contributed by atoms with van der Waals surface area (Å²) in [5, 5.41) is 4.14. The van der Waals surface area contributed by atoms with Crippen molar-refractivity contribution in [3.63, 3.8) is 0 Å². The van der Waals surface area contributed by atoms with Crippen LogP contribution in [0.15, 0.2) is 4.79 Å². The summed E-state index contributed by atoms with van der Waals surface area (Å²) in [7, 11) is 1.64. The smallest absolute Gasteiger partial charge is 0.267 e. The average Bonchev–Trinajstić information content (AvgIpc) is 2.43. The van der Waals surface area contributed by atoms with E-state index in [9.17, 15) is 4.79 Å². The first-order chi connectivity index (χ1) is 6.70. The minimum absolute atomic E-state index is 0.131. The normalized spacial score (nSPS) is 10.1. The van der Waals surface area contributed by atoms with Gasteiger partial charge >= 0.3 is 5.69 Å². The highest BCUT2D eigenvalue weighted by atomic mass is 16.2. The van der Waals surface area contributed by atoms with Crippen LogP contribution in [0, 0.1) is 12.3 Å². The number of terminal acetylenes is 1. The van der Waals surface area contributed by atoms with Crippen LogP contribution in [0.2, 0.25) is 0 Å². The summed E-state index contributed by atoms with van der Waals surface area (Å²) in [5.41, 5.74) is -0.131. The zero-order valence-electron chi connectivity index (χ0n) is 8.66. The summed E-state index contributed by atoms with van der Waals surface area (Å²) in [6, 6.07) is 0. The molecule has 1 aromatic heterocycles. The van der Waals surface area contributed by atoms with Crippen LogP contribution in [0.4, 0.5) is 0 Å². The molecule has 0 atom stereocenters. The molecule has 4 heteroatoms. The van der Waals surface area contributed by atoms with Crippen LogP contribution >= 0.6 is 0 Å².